The van der Waals surface area contributed by atoms with Crippen LogP contribution in [0.15, 0.2) is 4.99 Å². The number of carboxylic acids is 1. The van der Waals surface area contributed by atoms with Crippen molar-refractivity contribution in [3.05, 3.63) is 0 Å². The first-order valence-corrected chi connectivity index (χ1v) is 12.0. The summed E-state index contributed by atoms with van der Waals surface area (Å²) in [6.07, 6.45) is 1.36. The van der Waals surface area contributed by atoms with Gasteiger partial charge in [0.15, 0.2) is 5.96 Å². The molecule has 0 rings (SSSR count). The topological polar surface area (TPSA) is 215 Å². The number of amides is 3. The molecule has 0 aromatic carbocycles. The predicted octanol–water partition coefficient (Wildman–Crippen LogP) is -1.07. The fourth-order valence-electron chi connectivity index (χ4n) is 3.04. The number of guanidine groups is 1. The lowest BCUT2D eigenvalue weighted by molar-refractivity contribution is -0.143. The van der Waals surface area contributed by atoms with Crippen molar-refractivity contribution in [1.29, 1.82) is 0 Å². The van der Waals surface area contributed by atoms with E-state index < -0.39 is 47.9 Å². The molecule has 0 bridgehead atoms. The first kappa shape index (κ1) is 31.5. The minimum atomic E-state index is -1.15. The van der Waals surface area contributed by atoms with Gasteiger partial charge in [0.1, 0.15) is 18.1 Å². The summed E-state index contributed by atoms with van der Waals surface area (Å²) in [5, 5.41) is 17.2. The van der Waals surface area contributed by atoms with Crippen LogP contribution in [0.5, 0.6) is 0 Å². The summed E-state index contributed by atoms with van der Waals surface area (Å²) in [5.41, 5.74) is 16.3. The quantitative estimate of drug-likeness (QED) is 0.0560. The summed E-state index contributed by atoms with van der Waals surface area (Å²) in [6, 6.07) is -4.00. The van der Waals surface area contributed by atoms with Gasteiger partial charge in [0.25, 0.3) is 0 Å². The van der Waals surface area contributed by atoms with Crippen molar-refractivity contribution in [3.8, 4) is 0 Å². The fourth-order valence-corrected chi connectivity index (χ4v) is 3.21. The molecule has 0 spiro atoms. The fraction of sp³-hybridized carbons (Fsp3) is 0.762. The number of carboxylic acid groups (broad SMARTS) is 1. The molecule has 3 amide bonds. The maximum Gasteiger partial charge on any atom is 0.326 e. The Morgan fingerprint density at radius 1 is 0.971 bits per heavy atom. The highest BCUT2D eigenvalue weighted by atomic mass is 32.1. The molecule has 0 heterocycles. The van der Waals surface area contributed by atoms with Crippen LogP contribution in [-0.4, -0.2) is 71.2 Å². The van der Waals surface area contributed by atoms with Gasteiger partial charge in [0, 0.05) is 12.3 Å². The van der Waals surface area contributed by atoms with Crippen molar-refractivity contribution in [2.75, 3.05) is 12.3 Å². The average molecular weight is 504 g/mol. The number of nitrogens with two attached hydrogens (primary N) is 3. The Kier molecular flexibility index (Phi) is 14.9. The third kappa shape index (κ3) is 12.1. The lowest BCUT2D eigenvalue weighted by Gasteiger charge is -2.28. The standard InChI is InChI=1S/C21H41N7O5S/c1-5-12(4)16(19(31)27-15(20(32)33)9-11(2)3)28-18(30)14(7-6-8-25-21(23)24)26-17(29)13(22)10-34/h11-16,34H,5-10,22H2,1-4H3,(H,26,29)(H,27,31)(H,28,30)(H,32,33)(H4,23,24,25). The second kappa shape index (κ2) is 16.1. The van der Waals surface area contributed by atoms with E-state index in [1.807, 2.05) is 20.8 Å². The predicted molar refractivity (Wildman–Crippen MR) is 134 cm³/mol. The van der Waals surface area contributed by atoms with Crippen LogP contribution in [0.3, 0.4) is 0 Å². The molecule has 0 radical (unpaired) electrons. The Balaban J connectivity index is 5.58. The molecular weight excluding hydrogens is 462 g/mol. The number of aliphatic carboxylic acids is 1. The maximum atomic E-state index is 13.1. The number of carbonyl (C=O) groups is 4. The van der Waals surface area contributed by atoms with Crippen LogP contribution in [0, 0.1) is 11.8 Å². The lowest BCUT2D eigenvalue weighted by atomic mass is 9.96. The van der Waals surface area contributed by atoms with E-state index in [2.05, 4.69) is 33.6 Å². The number of hydrogen-bond donors (Lipinski definition) is 8. The van der Waals surface area contributed by atoms with Gasteiger partial charge in [0.2, 0.25) is 17.7 Å². The Bertz CT molecular complexity index is 716. The van der Waals surface area contributed by atoms with Crippen LogP contribution in [0.1, 0.15) is 53.4 Å². The lowest BCUT2D eigenvalue weighted by Crippen LogP contribution is -2.58. The molecule has 0 saturated carbocycles. The van der Waals surface area contributed by atoms with E-state index in [9.17, 15) is 24.3 Å². The van der Waals surface area contributed by atoms with Gasteiger partial charge in [0.05, 0.1) is 6.04 Å². The van der Waals surface area contributed by atoms with Gasteiger partial charge in [-0.15, -0.1) is 0 Å². The summed E-state index contributed by atoms with van der Waals surface area (Å²) in [7, 11) is 0. The number of nitrogens with one attached hydrogen (secondary N) is 3. The van der Waals surface area contributed by atoms with E-state index in [0.29, 0.717) is 12.8 Å². The van der Waals surface area contributed by atoms with E-state index in [4.69, 9.17) is 17.2 Å². The SMILES string of the molecule is CCC(C)C(NC(=O)C(CCCN=C(N)N)NC(=O)C(N)CS)C(=O)NC(CC(C)C)C(=O)O. The molecule has 196 valence electrons. The maximum absolute atomic E-state index is 13.1. The number of thiol groups is 1. The van der Waals surface area contributed by atoms with Gasteiger partial charge in [-0.1, -0.05) is 34.1 Å². The van der Waals surface area contributed by atoms with E-state index in [0.717, 1.165) is 0 Å². The molecule has 0 saturated heterocycles. The molecule has 0 aliphatic heterocycles. The molecule has 34 heavy (non-hydrogen) atoms. The second-order valence-corrected chi connectivity index (χ2v) is 9.06. The Morgan fingerprint density at radius 3 is 2.03 bits per heavy atom. The second-order valence-electron chi connectivity index (χ2n) is 8.70. The monoisotopic (exact) mass is 503 g/mol. The van der Waals surface area contributed by atoms with Crippen LogP contribution in [-0.2, 0) is 19.2 Å². The minimum absolute atomic E-state index is 0.0406. The van der Waals surface area contributed by atoms with E-state index >= 15 is 0 Å². The number of rotatable bonds is 16. The highest BCUT2D eigenvalue weighted by Gasteiger charge is 2.32. The van der Waals surface area contributed by atoms with Gasteiger partial charge in [-0.05, 0) is 31.1 Å². The number of carbonyl (C=O) groups excluding carboxylic acids is 3. The minimum Gasteiger partial charge on any atom is -0.480 e. The molecule has 5 atom stereocenters. The van der Waals surface area contributed by atoms with Crippen molar-refractivity contribution < 1.29 is 24.3 Å². The molecular formula is C21H41N7O5S. The zero-order valence-corrected chi connectivity index (χ0v) is 21.3. The molecule has 0 fully saturated rings. The Hall–Kier alpha value is -2.54. The Morgan fingerprint density at radius 2 is 1.56 bits per heavy atom. The molecule has 0 aliphatic rings. The van der Waals surface area contributed by atoms with Gasteiger partial charge in [-0.3, -0.25) is 19.4 Å². The molecule has 12 nitrogen and oxygen atoms in total. The summed E-state index contributed by atoms with van der Waals surface area (Å²) < 4.78 is 0. The van der Waals surface area contributed by atoms with E-state index in [-0.39, 0.29) is 42.9 Å². The molecule has 0 aromatic rings. The highest BCUT2D eigenvalue weighted by molar-refractivity contribution is 7.80. The summed E-state index contributed by atoms with van der Waals surface area (Å²) in [4.78, 5) is 53.8. The summed E-state index contributed by atoms with van der Waals surface area (Å²) in [5.74, 6) is -3.18. The third-order valence-corrected chi connectivity index (χ3v) is 5.62. The van der Waals surface area contributed by atoms with Gasteiger partial charge >= 0.3 is 5.97 Å². The molecule has 5 unspecified atom stereocenters. The van der Waals surface area contributed by atoms with Gasteiger partial charge < -0.3 is 38.3 Å². The molecule has 0 aromatic heterocycles. The zero-order valence-electron chi connectivity index (χ0n) is 20.4. The van der Waals surface area contributed by atoms with Crippen LogP contribution in [0.4, 0.5) is 0 Å². The van der Waals surface area contributed by atoms with E-state index in [1.54, 1.807) is 6.92 Å². The first-order valence-electron chi connectivity index (χ1n) is 11.4. The summed E-state index contributed by atoms with van der Waals surface area (Å²) >= 11 is 4.00. The van der Waals surface area contributed by atoms with Gasteiger partial charge in [-0.25, -0.2) is 4.79 Å². The van der Waals surface area contributed by atoms with Crippen molar-refractivity contribution >= 4 is 42.3 Å². The smallest absolute Gasteiger partial charge is 0.326 e. The van der Waals surface area contributed by atoms with E-state index in [1.165, 1.54) is 0 Å². The molecule has 0 aliphatic carbocycles. The average Bonchev–Trinajstić information content (AvgIpc) is 2.76. The number of aliphatic imine (C=N–C) groups is 1. The van der Waals surface area contributed by atoms with Crippen LogP contribution >= 0.6 is 12.6 Å². The third-order valence-electron chi connectivity index (χ3n) is 5.23. The Labute approximate surface area is 206 Å². The van der Waals surface area contributed by atoms with Crippen LogP contribution in [0.25, 0.3) is 0 Å². The van der Waals surface area contributed by atoms with Crippen molar-refractivity contribution in [2.45, 2.75) is 77.5 Å². The highest BCUT2D eigenvalue weighted by Crippen LogP contribution is 2.12. The number of hydrogen-bond acceptors (Lipinski definition) is 7. The van der Waals surface area contributed by atoms with Crippen LogP contribution < -0.4 is 33.2 Å². The molecule has 13 heteroatoms. The van der Waals surface area contributed by atoms with Crippen molar-refractivity contribution in [2.24, 2.45) is 34.0 Å². The van der Waals surface area contributed by atoms with Crippen molar-refractivity contribution in [3.63, 3.8) is 0 Å². The molecule has 10 N–H and O–H groups in total. The van der Waals surface area contributed by atoms with Gasteiger partial charge in [-0.2, -0.15) is 12.6 Å². The largest absolute Gasteiger partial charge is 0.480 e. The normalized spacial score (nSPS) is 15.4. The van der Waals surface area contributed by atoms with Crippen molar-refractivity contribution in [1.82, 2.24) is 16.0 Å². The zero-order chi connectivity index (χ0) is 26.4. The number of nitrogens with zero attached hydrogens (tertiary/aromatic N) is 1. The first-order chi connectivity index (χ1) is 15.8. The summed E-state index contributed by atoms with van der Waals surface area (Å²) in [6.45, 7) is 7.56. The van der Waals surface area contributed by atoms with Crippen LogP contribution in [0.2, 0.25) is 0 Å².